The lowest BCUT2D eigenvalue weighted by atomic mass is 10.1. The van der Waals surface area contributed by atoms with E-state index in [0.717, 1.165) is 29.8 Å². The molecule has 0 atom stereocenters. The summed E-state index contributed by atoms with van der Waals surface area (Å²) >= 11 is 7.28. The van der Waals surface area contributed by atoms with Crippen molar-refractivity contribution in [1.82, 2.24) is 9.91 Å². The lowest BCUT2D eigenvalue weighted by Crippen LogP contribution is -2.29. The maximum Gasteiger partial charge on any atom is 0.411 e. The van der Waals surface area contributed by atoms with Crippen LogP contribution in [0, 0.1) is 0 Å². The van der Waals surface area contributed by atoms with Gasteiger partial charge in [0, 0.05) is 28.6 Å². The van der Waals surface area contributed by atoms with E-state index in [1.807, 2.05) is 55.4 Å². The zero-order valence-corrected chi connectivity index (χ0v) is 19.1. The Morgan fingerprint density at radius 3 is 2.84 bits per heavy atom. The number of nitrogens with one attached hydrogen (secondary N) is 1. The Morgan fingerprint density at radius 2 is 2.06 bits per heavy atom. The van der Waals surface area contributed by atoms with Gasteiger partial charge in [0.05, 0.1) is 18.9 Å². The Hall–Kier alpha value is -2.55. The zero-order chi connectivity index (χ0) is 22.2. The van der Waals surface area contributed by atoms with Crippen molar-refractivity contribution in [2.75, 3.05) is 38.3 Å². The summed E-state index contributed by atoms with van der Waals surface area (Å²) < 4.78 is 5.20. The van der Waals surface area contributed by atoms with Gasteiger partial charge in [-0.15, -0.1) is 0 Å². The second-order valence-electron chi connectivity index (χ2n) is 7.29. The summed E-state index contributed by atoms with van der Waals surface area (Å²) in [6, 6.07) is 14.7. The van der Waals surface area contributed by atoms with Gasteiger partial charge < -0.3 is 9.64 Å². The number of anilines is 1. The fraction of sp³-hybridized carbons (Fsp3) is 0.318. The first-order valence-electron chi connectivity index (χ1n) is 9.86. The first-order chi connectivity index (χ1) is 14.9. The highest BCUT2D eigenvalue weighted by Gasteiger charge is 2.22. The van der Waals surface area contributed by atoms with Crippen molar-refractivity contribution in [3.05, 3.63) is 64.7 Å². The van der Waals surface area contributed by atoms with Gasteiger partial charge in [-0.25, -0.2) is 9.80 Å². The van der Waals surface area contributed by atoms with Gasteiger partial charge in [-0.1, -0.05) is 47.6 Å². The Kier molecular flexibility index (Phi) is 8.34. The van der Waals surface area contributed by atoms with Crippen LogP contribution in [0.2, 0.25) is 5.02 Å². The molecule has 1 heterocycles. The predicted molar refractivity (Wildman–Crippen MR) is 126 cm³/mol. The molecule has 2 aromatic carbocycles. The van der Waals surface area contributed by atoms with Crippen LogP contribution >= 0.6 is 23.4 Å². The summed E-state index contributed by atoms with van der Waals surface area (Å²) in [6.07, 6.45) is 0.268. The minimum atomic E-state index is -0.498. The molecular formula is C22H25ClN4O3S. The van der Waals surface area contributed by atoms with Crippen LogP contribution < -0.4 is 5.32 Å². The first kappa shape index (κ1) is 23.1. The highest BCUT2D eigenvalue weighted by Crippen LogP contribution is 2.23. The Bertz CT molecular complexity index is 967. The molecule has 2 aromatic rings. The molecule has 0 fully saturated rings. The maximum absolute atomic E-state index is 12.4. The molecule has 0 saturated carbocycles. The molecule has 31 heavy (non-hydrogen) atoms. The van der Waals surface area contributed by atoms with E-state index in [9.17, 15) is 9.59 Å². The molecule has 0 spiro atoms. The van der Waals surface area contributed by atoms with Crippen LogP contribution in [0.3, 0.4) is 0 Å². The summed E-state index contributed by atoms with van der Waals surface area (Å²) in [5, 5.41) is 9.19. The quantitative estimate of drug-likeness (QED) is 0.566. The van der Waals surface area contributed by atoms with Gasteiger partial charge in [0.2, 0.25) is 0 Å². The lowest BCUT2D eigenvalue weighted by molar-refractivity contribution is 0.156. The topological polar surface area (TPSA) is 74.2 Å². The molecule has 0 unspecified atom stereocenters. The van der Waals surface area contributed by atoms with Gasteiger partial charge >= 0.3 is 11.3 Å². The van der Waals surface area contributed by atoms with Crippen LogP contribution in [0.4, 0.5) is 15.3 Å². The SMILES string of the molecule is CN(C)CCCOC(=O)Nc1cccc(CN2N=C(c3cccc(Cl)c3)CSC2=O)c1. The van der Waals surface area contributed by atoms with E-state index in [-0.39, 0.29) is 5.24 Å². The fourth-order valence-electron chi connectivity index (χ4n) is 2.95. The molecule has 0 bridgehead atoms. The number of hydrogen-bond acceptors (Lipinski definition) is 6. The average Bonchev–Trinajstić information content (AvgIpc) is 2.73. The van der Waals surface area contributed by atoms with Crippen LogP contribution in [0.5, 0.6) is 0 Å². The molecule has 0 aliphatic carbocycles. The van der Waals surface area contributed by atoms with Crippen LogP contribution in [-0.2, 0) is 11.3 Å². The molecule has 1 N–H and O–H groups in total. The highest BCUT2D eigenvalue weighted by molar-refractivity contribution is 8.14. The van der Waals surface area contributed by atoms with Crippen molar-refractivity contribution < 1.29 is 14.3 Å². The number of carbonyl (C=O) groups excluding carboxylic acids is 2. The van der Waals surface area contributed by atoms with Crippen LogP contribution in [0.1, 0.15) is 17.5 Å². The summed E-state index contributed by atoms with van der Waals surface area (Å²) in [7, 11) is 3.94. The number of ether oxygens (including phenoxy) is 1. The number of halogens is 1. The van der Waals surface area contributed by atoms with Gasteiger partial charge in [-0.3, -0.25) is 10.1 Å². The number of rotatable bonds is 8. The zero-order valence-electron chi connectivity index (χ0n) is 17.5. The summed E-state index contributed by atoms with van der Waals surface area (Å²) in [5.41, 5.74) is 3.13. The van der Waals surface area contributed by atoms with Crippen LogP contribution in [0.25, 0.3) is 0 Å². The molecule has 1 aliphatic heterocycles. The van der Waals surface area contributed by atoms with Gasteiger partial charge in [-0.05, 0) is 50.3 Å². The van der Waals surface area contributed by atoms with E-state index in [0.29, 0.717) is 29.6 Å². The number of nitrogens with zero attached hydrogens (tertiary/aromatic N) is 3. The predicted octanol–water partition coefficient (Wildman–Crippen LogP) is 4.91. The molecular weight excluding hydrogens is 436 g/mol. The third-order valence-corrected chi connectivity index (χ3v) is 5.54. The number of benzene rings is 2. The van der Waals surface area contributed by atoms with Crippen LogP contribution in [-0.4, -0.2) is 60.0 Å². The number of carbonyl (C=O) groups is 2. The minimum absolute atomic E-state index is 0.121. The van der Waals surface area contributed by atoms with Crippen molar-refractivity contribution in [3.8, 4) is 0 Å². The van der Waals surface area contributed by atoms with Crippen molar-refractivity contribution in [3.63, 3.8) is 0 Å². The molecule has 164 valence electrons. The summed E-state index contributed by atoms with van der Waals surface area (Å²) in [5.74, 6) is 0.497. The molecule has 7 nitrogen and oxygen atoms in total. The van der Waals surface area contributed by atoms with Gasteiger partial charge in [-0.2, -0.15) is 5.10 Å². The third kappa shape index (κ3) is 7.27. The number of hydrazone groups is 1. The monoisotopic (exact) mass is 460 g/mol. The van der Waals surface area contributed by atoms with Crippen molar-refractivity contribution in [2.45, 2.75) is 13.0 Å². The molecule has 9 heteroatoms. The number of amides is 2. The number of thioether (sulfide) groups is 1. The summed E-state index contributed by atoms with van der Waals surface area (Å²) in [4.78, 5) is 26.4. The molecule has 0 saturated heterocycles. The largest absolute Gasteiger partial charge is 0.449 e. The van der Waals surface area contributed by atoms with Gasteiger partial charge in [0.15, 0.2) is 0 Å². The van der Waals surface area contributed by atoms with Crippen molar-refractivity contribution in [1.29, 1.82) is 0 Å². The van der Waals surface area contributed by atoms with Gasteiger partial charge in [0.25, 0.3) is 0 Å². The van der Waals surface area contributed by atoms with E-state index < -0.39 is 6.09 Å². The Balaban J connectivity index is 1.62. The van der Waals surface area contributed by atoms with E-state index in [1.165, 1.54) is 16.8 Å². The lowest BCUT2D eigenvalue weighted by Gasteiger charge is -2.23. The van der Waals surface area contributed by atoms with Crippen LogP contribution in [0.15, 0.2) is 53.6 Å². The normalized spacial score (nSPS) is 13.9. The second-order valence-corrected chi connectivity index (χ2v) is 8.65. The highest BCUT2D eigenvalue weighted by atomic mass is 35.5. The average molecular weight is 461 g/mol. The van der Waals surface area contributed by atoms with E-state index >= 15 is 0 Å². The maximum atomic E-state index is 12.4. The fourth-order valence-corrected chi connectivity index (χ4v) is 3.88. The van der Waals surface area contributed by atoms with E-state index in [4.69, 9.17) is 16.3 Å². The second kappa shape index (κ2) is 11.2. The van der Waals surface area contributed by atoms with Gasteiger partial charge in [0.1, 0.15) is 0 Å². The Labute approximate surface area is 191 Å². The van der Waals surface area contributed by atoms with E-state index in [2.05, 4.69) is 10.4 Å². The molecule has 1 aliphatic rings. The third-order valence-electron chi connectivity index (χ3n) is 4.43. The molecule has 3 rings (SSSR count). The number of hydrogen-bond donors (Lipinski definition) is 1. The smallest absolute Gasteiger partial charge is 0.411 e. The summed E-state index contributed by atoms with van der Waals surface area (Å²) in [6.45, 7) is 1.50. The molecule has 0 radical (unpaired) electrons. The van der Waals surface area contributed by atoms with Crippen molar-refractivity contribution >= 4 is 46.1 Å². The molecule has 0 aromatic heterocycles. The Morgan fingerprint density at radius 1 is 1.26 bits per heavy atom. The minimum Gasteiger partial charge on any atom is -0.449 e. The molecule has 2 amide bonds. The van der Waals surface area contributed by atoms with E-state index in [1.54, 1.807) is 12.1 Å². The standard InChI is InChI=1S/C22H25ClN4O3S/c1-26(2)10-5-11-30-21(28)24-19-9-3-6-16(12-19)14-27-22(29)31-15-20(25-27)17-7-4-8-18(23)13-17/h3-4,6-9,12-13H,5,10-11,14-15H2,1-2H3,(H,24,28). The van der Waals surface area contributed by atoms with Crippen molar-refractivity contribution in [2.24, 2.45) is 5.10 Å². The first-order valence-corrected chi connectivity index (χ1v) is 11.2.